The van der Waals surface area contributed by atoms with Crippen LogP contribution < -0.4 is 0 Å². The van der Waals surface area contributed by atoms with Crippen LogP contribution in [0.15, 0.2) is 0 Å². The molecule has 17 nitrogen and oxygen atoms in total. The number of hydrogen-bond donors (Lipinski definition) is 3. The summed E-state index contributed by atoms with van der Waals surface area (Å²) >= 11 is 0. The maximum atomic E-state index is 13.1. The van der Waals surface area contributed by atoms with E-state index in [-0.39, 0.29) is 25.7 Å². The van der Waals surface area contributed by atoms with Crippen LogP contribution in [0.3, 0.4) is 0 Å². The first-order chi connectivity index (χ1) is 48.7. The van der Waals surface area contributed by atoms with Gasteiger partial charge in [-0.05, 0) is 43.4 Å². The highest BCUT2D eigenvalue weighted by atomic mass is 31.2. The van der Waals surface area contributed by atoms with Gasteiger partial charge in [-0.1, -0.05) is 376 Å². The number of aliphatic hydroxyl groups is 1. The molecule has 0 aromatic carbocycles. The average molecular weight is 1480 g/mol. The van der Waals surface area contributed by atoms with Crippen LogP contribution in [0.25, 0.3) is 0 Å². The van der Waals surface area contributed by atoms with Crippen LogP contribution in [-0.4, -0.2) is 96.7 Å². The number of rotatable bonds is 80. The van der Waals surface area contributed by atoms with E-state index in [1.165, 1.54) is 238 Å². The molecule has 3 N–H and O–H groups in total. The van der Waals surface area contributed by atoms with Crippen LogP contribution in [0, 0.1) is 17.8 Å². The molecule has 0 heterocycles. The Morgan fingerprint density at radius 2 is 0.455 bits per heavy atom. The standard InChI is InChI=1S/C82H160O17P2/c1-8-9-10-11-12-13-14-15-16-17-18-19-20-21-22-27-37-44-51-58-65-81(86)98-77(69-92-79(84)63-56-49-42-35-26-24-23-25-32-39-46-53-60-73(2)3)71-96-100(88,89)94-67-76(83)68-95-101(90,91)97-72-78(99-82(87)66-59-52-45-38-31-29-34-41-48-55-62-75(6)7)70-93-80(85)64-57-50-43-36-30-28-33-40-47-54-61-74(4)5/h73-78,83H,8-72H2,1-7H3,(H,88,89)(H,90,91)/t76-,77-,78-/m1/s1. The summed E-state index contributed by atoms with van der Waals surface area (Å²) in [5.41, 5.74) is 0. The molecule has 0 aliphatic heterocycles. The molecule has 19 heteroatoms. The maximum Gasteiger partial charge on any atom is 0.472 e. The van der Waals surface area contributed by atoms with Crippen LogP contribution in [-0.2, 0) is 65.4 Å². The summed E-state index contributed by atoms with van der Waals surface area (Å²) in [6, 6.07) is 0. The van der Waals surface area contributed by atoms with Gasteiger partial charge in [-0.2, -0.15) is 0 Å². The van der Waals surface area contributed by atoms with Gasteiger partial charge in [0.15, 0.2) is 12.2 Å². The lowest BCUT2D eigenvalue weighted by atomic mass is 10.0. The lowest BCUT2D eigenvalue weighted by Crippen LogP contribution is -2.30. The zero-order valence-electron chi connectivity index (χ0n) is 66.4. The second kappa shape index (κ2) is 72.3. The summed E-state index contributed by atoms with van der Waals surface area (Å²) < 4.78 is 68.8. The second-order valence-electron chi connectivity index (χ2n) is 30.9. The van der Waals surface area contributed by atoms with E-state index in [1.807, 2.05) is 0 Å². The van der Waals surface area contributed by atoms with Crippen molar-refractivity contribution in [3.05, 3.63) is 0 Å². The van der Waals surface area contributed by atoms with Crippen molar-refractivity contribution < 1.29 is 80.2 Å². The van der Waals surface area contributed by atoms with Crippen molar-refractivity contribution in [1.82, 2.24) is 0 Å². The van der Waals surface area contributed by atoms with Gasteiger partial charge in [0.1, 0.15) is 19.3 Å². The van der Waals surface area contributed by atoms with E-state index in [0.717, 1.165) is 108 Å². The van der Waals surface area contributed by atoms with E-state index in [0.29, 0.717) is 25.7 Å². The largest absolute Gasteiger partial charge is 0.472 e. The second-order valence-corrected chi connectivity index (χ2v) is 33.8. The average Bonchev–Trinajstić information content (AvgIpc) is 1.05. The van der Waals surface area contributed by atoms with Crippen LogP contribution in [0.2, 0.25) is 0 Å². The third-order valence-electron chi connectivity index (χ3n) is 19.1. The monoisotopic (exact) mass is 1480 g/mol. The molecule has 0 rings (SSSR count). The predicted octanol–water partition coefficient (Wildman–Crippen LogP) is 24.5. The topological polar surface area (TPSA) is 237 Å². The smallest absolute Gasteiger partial charge is 0.462 e. The van der Waals surface area contributed by atoms with E-state index < -0.39 is 97.5 Å². The quantitative estimate of drug-likeness (QED) is 0.0222. The minimum Gasteiger partial charge on any atom is -0.462 e. The molecular weight excluding hydrogens is 1320 g/mol. The van der Waals surface area contributed by atoms with Crippen molar-refractivity contribution in [1.29, 1.82) is 0 Å². The molecule has 0 amide bonds. The van der Waals surface area contributed by atoms with Gasteiger partial charge in [-0.25, -0.2) is 9.13 Å². The van der Waals surface area contributed by atoms with Crippen LogP contribution in [0.5, 0.6) is 0 Å². The Labute approximate surface area is 619 Å². The molecule has 0 saturated heterocycles. The number of hydrogen-bond acceptors (Lipinski definition) is 15. The molecule has 0 aliphatic rings. The maximum absolute atomic E-state index is 13.1. The van der Waals surface area contributed by atoms with Gasteiger partial charge in [0, 0.05) is 25.7 Å². The minimum absolute atomic E-state index is 0.106. The number of carbonyl (C=O) groups is 4. The zero-order valence-corrected chi connectivity index (χ0v) is 68.2. The summed E-state index contributed by atoms with van der Waals surface area (Å²) in [7, 11) is -9.92. The molecule has 600 valence electrons. The first-order valence-electron chi connectivity index (χ1n) is 42.3. The highest BCUT2D eigenvalue weighted by Crippen LogP contribution is 2.45. The number of aliphatic hydroxyl groups excluding tert-OH is 1. The fourth-order valence-corrected chi connectivity index (χ4v) is 14.2. The van der Waals surface area contributed by atoms with E-state index in [9.17, 15) is 43.2 Å². The fourth-order valence-electron chi connectivity index (χ4n) is 12.7. The molecular formula is C82H160O17P2. The Hall–Kier alpha value is -1.94. The number of carbonyl (C=O) groups excluding carboxylic acids is 4. The summed E-state index contributed by atoms with van der Waals surface area (Å²) in [5, 5.41) is 10.7. The summed E-state index contributed by atoms with van der Waals surface area (Å²) in [6.45, 7) is 11.9. The molecule has 0 fully saturated rings. The van der Waals surface area contributed by atoms with Crippen molar-refractivity contribution in [3.63, 3.8) is 0 Å². The lowest BCUT2D eigenvalue weighted by molar-refractivity contribution is -0.161. The SMILES string of the molecule is CCCCCCCCCCCCCCCCCCCCCCC(=O)O[C@H](COC(=O)CCCCCCCCCCCCCCC(C)C)COP(=O)(O)OC[C@@H](O)COP(=O)(O)OC[C@@H](COC(=O)CCCCCCCCCCCCC(C)C)OC(=O)CCCCCCCCCCCCC(C)C. The normalized spacial score (nSPS) is 14.0. The van der Waals surface area contributed by atoms with E-state index >= 15 is 0 Å². The first-order valence-corrected chi connectivity index (χ1v) is 45.3. The first kappa shape index (κ1) is 99.1. The van der Waals surface area contributed by atoms with E-state index in [4.69, 9.17) is 37.0 Å². The number of unbranched alkanes of at least 4 members (excludes halogenated alkanes) is 48. The zero-order chi connectivity index (χ0) is 74.4. The highest BCUT2D eigenvalue weighted by Gasteiger charge is 2.30. The lowest BCUT2D eigenvalue weighted by Gasteiger charge is -2.21. The Bertz CT molecular complexity index is 1960. The number of phosphoric ester groups is 2. The molecule has 0 bridgehead atoms. The minimum atomic E-state index is -4.96. The fraction of sp³-hybridized carbons (Fsp3) is 0.951. The number of phosphoric acid groups is 2. The third kappa shape index (κ3) is 76.1. The van der Waals surface area contributed by atoms with Gasteiger partial charge < -0.3 is 33.8 Å². The number of esters is 4. The Balaban J connectivity index is 5.25. The molecule has 0 aromatic rings. The van der Waals surface area contributed by atoms with Crippen LogP contribution in [0.1, 0.15) is 427 Å². The molecule has 0 spiro atoms. The van der Waals surface area contributed by atoms with Gasteiger partial charge in [-0.15, -0.1) is 0 Å². The molecule has 0 radical (unpaired) electrons. The van der Waals surface area contributed by atoms with E-state index in [2.05, 4.69) is 48.5 Å². The Kier molecular flexibility index (Phi) is 70.9. The molecule has 0 aliphatic carbocycles. The Morgan fingerprint density at radius 1 is 0.267 bits per heavy atom. The molecule has 2 unspecified atom stereocenters. The van der Waals surface area contributed by atoms with Gasteiger partial charge in [-0.3, -0.25) is 37.3 Å². The predicted molar refractivity (Wildman–Crippen MR) is 414 cm³/mol. The van der Waals surface area contributed by atoms with Crippen molar-refractivity contribution in [2.75, 3.05) is 39.6 Å². The van der Waals surface area contributed by atoms with Crippen LogP contribution in [0.4, 0.5) is 0 Å². The van der Waals surface area contributed by atoms with E-state index in [1.54, 1.807) is 0 Å². The van der Waals surface area contributed by atoms with Crippen molar-refractivity contribution >= 4 is 39.5 Å². The van der Waals surface area contributed by atoms with Crippen molar-refractivity contribution in [2.45, 2.75) is 446 Å². The molecule has 5 atom stereocenters. The summed E-state index contributed by atoms with van der Waals surface area (Å²) in [6.07, 6.45) is 61.1. The van der Waals surface area contributed by atoms with Gasteiger partial charge in [0.25, 0.3) is 0 Å². The highest BCUT2D eigenvalue weighted by molar-refractivity contribution is 7.47. The van der Waals surface area contributed by atoms with Gasteiger partial charge in [0.2, 0.25) is 0 Å². The summed E-state index contributed by atoms with van der Waals surface area (Å²) in [5.74, 6) is 0.182. The van der Waals surface area contributed by atoms with Crippen LogP contribution >= 0.6 is 15.6 Å². The van der Waals surface area contributed by atoms with Crippen molar-refractivity contribution in [3.8, 4) is 0 Å². The van der Waals surface area contributed by atoms with Crippen molar-refractivity contribution in [2.24, 2.45) is 17.8 Å². The van der Waals surface area contributed by atoms with Gasteiger partial charge in [0.05, 0.1) is 26.4 Å². The third-order valence-corrected chi connectivity index (χ3v) is 21.0. The summed E-state index contributed by atoms with van der Waals surface area (Å²) in [4.78, 5) is 73.1. The van der Waals surface area contributed by atoms with Gasteiger partial charge >= 0.3 is 39.5 Å². The molecule has 0 aromatic heterocycles. The molecule has 101 heavy (non-hydrogen) atoms. The molecule has 0 saturated carbocycles. The number of ether oxygens (including phenoxy) is 4. The Morgan fingerprint density at radius 3 is 0.673 bits per heavy atom.